The van der Waals surface area contributed by atoms with Gasteiger partial charge in [0.25, 0.3) is 0 Å². The summed E-state index contributed by atoms with van der Waals surface area (Å²) in [5, 5.41) is 3.25. The maximum Gasteiger partial charge on any atom is 0.218 e. The molecule has 0 fully saturated rings. The van der Waals surface area contributed by atoms with Gasteiger partial charge >= 0.3 is 0 Å². The Bertz CT molecular complexity index is 515. The molecule has 1 rings (SSSR count). The van der Waals surface area contributed by atoms with E-state index in [4.69, 9.17) is 0 Å². The van der Waals surface area contributed by atoms with Crippen molar-refractivity contribution in [2.75, 3.05) is 20.1 Å². The maximum absolute atomic E-state index is 12.3. The minimum atomic E-state index is -3.22. The van der Waals surface area contributed by atoms with Crippen molar-refractivity contribution in [2.24, 2.45) is 0 Å². The van der Waals surface area contributed by atoms with Crippen LogP contribution in [0.3, 0.4) is 0 Å². The van der Waals surface area contributed by atoms with Gasteiger partial charge in [0.15, 0.2) is 0 Å². The Morgan fingerprint density at radius 1 is 1.14 bits per heavy atom. The van der Waals surface area contributed by atoms with Crippen LogP contribution in [0.1, 0.15) is 44.2 Å². The molecule has 21 heavy (non-hydrogen) atoms. The van der Waals surface area contributed by atoms with E-state index < -0.39 is 10.0 Å². The maximum atomic E-state index is 12.3. The largest absolute Gasteiger partial charge is 0.313 e. The molecule has 0 atom stereocenters. The summed E-state index contributed by atoms with van der Waals surface area (Å²) in [7, 11) is -1.54. The average Bonchev–Trinajstić information content (AvgIpc) is 2.45. The summed E-state index contributed by atoms with van der Waals surface area (Å²) in [6, 6.07) is 7.80. The molecule has 0 aromatic heterocycles. The summed E-state index contributed by atoms with van der Waals surface area (Å²) >= 11 is 0. The van der Waals surface area contributed by atoms with Gasteiger partial charge in [0.1, 0.15) is 0 Å². The number of benzene rings is 1. The summed E-state index contributed by atoms with van der Waals surface area (Å²) in [6.07, 6.45) is 3.09. The van der Waals surface area contributed by atoms with Crippen LogP contribution in [0.5, 0.6) is 0 Å². The lowest BCUT2D eigenvalue weighted by Gasteiger charge is -2.17. The molecule has 0 saturated carbocycles. The van der Waals surface area contributed by atoms with E-state index >= 15 is 0 Å². The molecule has 0 saturated heterocycles. The van der Waals surface area contributed by atoms with Gasteiger partial charge in [-0.3, -0.25) is 0 Å². The summed E-state index contributed by atoms with van der Waals surface area (Å²) in [5.41, 5.74) is 1.98. The third-order valence-electron chi connectivity index (χ3n) is 3.47. The molecule has 0 radical (unpaired) electrons. The van der Waals surface area contributed by atoms with Crippen molar-refractivity contribution >= 4 is 10.0 Å². The van der Waals surface area contributed by atoms with Crippen LogP contribution in [-0.4, -0.2) is 32.9 Å². The second kappa shape index (κ2) is 9.18. The Labute approximate surface area is 129 Å². The molecular weight excluding hydrogens is 284 g/mol. The van der Waals surface area contributed by atoms with E-state index in [1.54, 1.807) is 7.05 Å². The van der Waals surface area contributed by atoms with Crippen LogP contribution < -0.4 is 5.32 Å². The van der Waals surface area contributed by atoms with Gasteiger partial charge in [0.2, 0.25) is 10.0 Å². The molecule has 1 aromatic carbocycles. The highest BCUT2D eigenvalue weighted by Gasteiger charge is 2.18. The zero-order valence-electron chi connectivity index (χ0n) is 13.4. The second-order valence-corrected chi connectivity index (χ2v) is 7.46. The topological polar surface area (TPSA) is 49.4 Å². The van der Waals surface area contributed by atoms with Crippen LogP contribution in [0.25, 0.3) is 0 Å². The molecule has 0 bridgehead atoms. The van der Waals surface area contributed by atoms with Crippen LogP contribution in [0.2, 0.25) is 0 Å². The minimum absolute atomic E-state index is 0.0790. The van der Waals surface area contributed by atoms with E-state index in [-0.39, 0.29) is 5.75 Å². The third kappa shape index (κ3) is 6.59. The smallest absolute Gasteiger partial charge is 0.218 e. The summed E-state index contributed by atoms with van der Waals surface area (Å²) in [5.74, 6) is 0.0790. The van der Waals surface area contributed by atoms with Crippen molar-refractivity contribution in [3.8, 4) is 0 Å². The van der Waals surface area contributed by atoms with E-state index in [0.29, 0.717) is 6.54 Å². The highest BCUT2D eigenvalue weighted by atomic mass is 32.2. The fourth-order valence-corrected chi connectivity index (χ4v) is 3.37. The summed E-state index contributed by atoms with van der Waals surface area (Å²) in [4.78, 5) is 0. The Kier molecular flexibility index (Phi) is 7.93. The number of unbranched alkanes of at least 4 members (excludes halogenated alkanes) is 2. The fraction of sp³-hybridized carbons (Fsp3) is 0.625. The van der Waals surface area contributed by atoms with Crippen molar-refractivity contribution in [3.05, 3.63) is 35.4 Å². The molecule has 0 heterocycles. The molecule has 1 N–H and O–H groups in total. The van der Waals surface area contributed by atoms with Gasteiger partial charge in [0.05, 0.1) is 5.75 Å². The fourth-order valence-electron chi connectivity index (χ4n) is 2.14. The van der Waals surface area contributed by atoms with E-state index in [2.05, 4.69) is 19.2 Å². The van der Waals surface area contributed by atoms with E-state index in [9.17, 15) is 8.42 Å². The van der Waals surface area contributed by atoms with Gasteiger partial charge in [-0.2, -0.15) is 0 Å². The quantitative estimate of drug-likeness (QED) is 0.676. The minimum Gasteiger partial charge on any atom is -0.313 e. The molecule has 0 unspecified atom stereocenters. The lowest BCUT2D eigenvalue weighted by molar-refractivity contribution is 0.453. The van der Waals surface area contributed by atoms with E-state index in [1.165, 1.54) is 4.31 Å². The number of rotatable bonds is 10. The van der Waals surface area contributed by atoms with Crippen LogP contribution in [0, 0.1) is 0 Å². The van der Waals surface area contributed by atoms with Crippen LogP contribution in [0.15, 0.2) is 24.3 Å². The highest BCUT2D eigenvalue weighted by Crippen LogP contribution is 2.12. The summed E-state index contributed by atoms with van der Waals surface area (Å²) < 4.78 is 26.1. The molecule has 5 heteroatoms. The van der Waals surface area contributed by atoms with Crippen molar-refractivity contribution in [3.63, 3.8) is 0 Å². The zero-order valence-corrected chi connectivity index (χ0v) is 14.2. The highest BCUT2D eigenvalue weighted by molar-refractivity contribution is 7.88. The standard InChI is InChI=1S/C16H28N2O2S/c1-4-6-7-11-18(3)21(19,20)14-16-10-8-9-15(12-16)13-17-5-2/h8-10,12,17H,4-7,11,13-14H2,1-3H3. The van der Waals surface area contributed by atoms with E-state index in [1.807, 2.05) is 24.3 Å². The average molecular weight is 312 g/mol. The van der Waals surface area contributed by atoms with Crippen LogP contribution in [0.4, 0.5) is 0 Å². The predicted octanol–water partition coefficient (Wildman–Crippen LogP) is 2.75. The number of nitrogens with one attached hydrogen (secondary N) is 1. The SMILES string of the molecule is CCCCCN(C)S(=O)(=O)Cc1cccc(CNCC)c1. The Morgan fingerprint density at radius 3 is 2.52 bits per heavy atom. The molecule has 0 aliphatic rings. The van der Waals surface area contributed by atoms with Crippen molar-refractivity contribution < 1.29 is 8.42 Å². The van der Waals surface area contributed by atoms with Crippen molar-refractivity contribution in [2.45, 2.75) is 45.4 Å². The monoisotopic (exact) mass is 312 g/mol. The van der Waals surface area contributed by atoms with Gasteiger partial charge < -0.3 is 5.32 Å². The first-order valence-corrected chi connectivity index (χ1v) is 9.33. The number of sulfonamides is 1. The third-order valence-corrected chi connectivity index (χ3v) is 5.30. The number of hydrogen-bond acceptors (Lipinski definition) is 3. The normalized spacial score (nSPS) is 12.0. The van der Waals surface area contributed by atoms with Gasteiger partial charge in [-0.05, 0) is 24.1 Å². The molecule has 0 aliphatic carbocycles. The molecular formula is C16H28N2O2S. The van der Waals surface area contributed by atoms with Gasteiger partial charge in [-0.25, -0.2) is 12.7 Å². The molecule has 4 nitrogen and oxygen atoms in total. The first-order valence-electron chi connectivity index (χ1n) is 7.72. The first-order chi connectivity index (χ1) is 9.99. The molecule has 0 spiro atoms. The Morgan fingerprint density at radius 2 is 1.86 bits per heavy atom. The molecule has 0 aliphatic heterocycles. The van der Waals surface area contributed by atoms with Gasteiger partial charge in [-0.15, -0.1) is 0 Å². The first kappa shape index (κ1) is 18.1. The number of hydrogen-bond donors (Lipinski definition) is 1. The lowest BCUT2D eigenvalue weighted by atomic mass is 10.1. The lowest BCUT2D eigenvalue weighted by Crippen LogP contribution is -2.29. The van der Waals surface area contributed by atoms with Crippen LogP contribution >= 0.6 is 0 Å². The van der Waals surface area contributed by atoms with E-state index in [0.717, 1.165) is 43.5 Å². The van der Waals surface area contributed by atoms with Crippen molar-refractivity contribution in [1.29, 1.82) is 0 Å². The Hall–Kier alpha value is -0.910. The second-order valence-electron chi connectivity index (χ2n) is 5.39. The predicted molar refractivity (Wildman–Crippen MR) is 88.6 cm³/mol. The van der Waals surface area contributed by atoms with Gasteiger partial charge in [-0.1, -0.05) is 51.0 Å². The van der Waals surface area contributed by atoms with Crippen molar-refractivity contribution in [1.82, 2.24) is 9.62 Å². The van der Waals surface area contributed by atoms with Gasteiger partial charge in [0, 0.05) is 20.1 Å². The number of nitrogens with zero attached hydrogens (tertiary/aromatic N) is 1. The Balaban J connectivity index is 2.65. The molecule has 1 aromatic rings. The summed E-state index contributed by atoms with van der Waals surface area (Å²) in [6.45, 7) is 6.45. The van der Waals surface area contributed by atoms with Crippen LogP contribution in [-0.2, 0) is 22.3 Å². The zero-order chi connectivity index (χ0) is 15.7. The molecule has 0 amide bonds. The molecule has 120 valence electrons.